The van der Waals surface area contributed by atoms with Crippen LogP contribution in [0.1, 0.15) is 30.7 Å². The molecular formula is C15H17FN2O3. The van der Waals surface area contributed by atoms with Crippen molar-refractivity contribution in [2.75, 3.05) is 13.1 Å². The number of nitrogens with zero attached hydrogens (tertiary/aromatic N) is 1. The van der Waals surface area contributed by atoms with E-state index in [9.17, 15) is 14.0 Å². The molecule has 3 rings (SSSR count). The second-order valence-corrected chi connectivity index (χ2v) is 5.49. The van der Waals surface area contributed by atoms with Crippen LogP contribution in [0.3, 0.4) is 0 Å². The van der Waals surface area contributed by atoms with Crippen molar-refractivity contribution in [1.82, 2.24) is 10.2 Å². The fourth-order valence-corrected chi connectivity index (χ4v) is 2.66. The summed E-state index contributed by atoms with van der Waals surface area (Å²) < 4.78 is 17.6. The molecule has 0 unspecified atom stereocenters. The summed E-state index contributed by atoms with van der Waals surface area (Å²) in [5.74, 6) is -0.112. The Morgan fingerprint density at radius 3 is 2.52 bits per heavy atom. The quantitative estimate of drug-likeness (QED) is 0.852. The van der Waals surface area contributed by atoms with Gasteiger partial charge in [-0.3, -0.25) is 0 Å². The number of carbonyl (C=O) groups excluding carboxylic acids is 2. The number of ether oxygens (including phenoxy) is 1. The van der Waals surface area contributed by atoms with E-state index in [4.69, 9.17) is 4.74 Å². The largest absolute Gasteiger partial charge is 0.418 e. The molecule has 1 saturated carbocycles. The maximum Gasteiger partial charge on any atom is 0.418 e. The minimum absolute atomic E-state index is 0.0469. The van der Waals surface area contributed by atoms with Gasteiger partial charge >= 0.3 is 12.2 Å². The summed E-state index contributed by atoms with van der Waals surface area (Å²) in [7, 11) is 0. The van der Waals surface area contributed by atoms with Gasteiger partial charge in [0.15, 0.2) is 0 Å². The van der Waals surface area contributed by atoms with E-state index in [2.05, 4.69) is 5.32 Å². The molecule has 2 atom stereocenters. The van der Waals surface area contributed by atoms with E-state index < -0.39 is 12.2 Å². The van der Waals surface area contributed by atoms with Crippen LogP contribution in [0.5, 0.6) is 0 Å². The van der Waals surface area contributed by atoms with E-state index in [1.807, 2.05) is 0 Å². The molecule has 1 aromatic rings. The lowest BCUT2D eigenvalue weighted by Crippen LogP contribution is -2.35. The lowest BCUT2D eigenvalue weighted by molar-refractivity contribution is 0.124. The Labute approximate surface area is 122 Å². The number of nitrogens with one attached hydrogen (secondary N) is 1. The lowest BCUT2D eigenvalue weighted by atomic mass is 10.1. The molecule has 1 N–H and O–H groups in total. The number of likely N-dealkylation sites (tertiary alicyclic amines) is 1. The summed E-state index contributed by atoms with van der Waals surface area (Å²) in [5.41, 5.74) is 0.979. The minimum atomic E-state index is -0.707. The summed E-state index contributed by atoms with van der Waals surface area (Å²) in [4.78, 5) is 24.8. The normalized spacial score (nSPS) is 23.8. The molecule has 1 aliphatic carbocycles. The van der Waals surface area contributed by atoms with Gasteiger partial charge in [0.05, 0.1) is 0 Å². The van der Waals surface area contributed by atoms with Gasteiger partial charge in [0, 0.05) is 25.0 Å². The SMILES string of the molecule is O=C(N[C@H]1C[C@@H]1c1ccc(F)cc1)OC(=O)N1CCCC1. The van der Waals surface area contributed by atoms with Gasteiger partial charge in [-0.15, -0.1) is 0 Å². The van der Waals surface area contributed by atoms with Gasteiger partial charge in [-0.05, 0) is 37.0 Å². The molecule has 112 valence electrons. The number of alkyl carbamates (subject to hydrolysis) is 1. The second kappa shape index (κ2) is 5.71. The predicted molar refractivity (Wildman–Crippen MR) is 73.4 cm³/mol. The molecule has 1 heterocycles. The van der Waals surface area contributed by atoms with Crippen LogP contribution in [0.15, 0.2) is 24.3 Å². The Bertz CT molecular complexity index is 540. The van der Waals surface area contributed by atoms with Crippen molar-refractivity contribution in [1.29, 1.82) is 0 Å². The molecule has 1 aromatic carbocycles. The first-order valence-corrected chi connectivity index (χ1v) is 7.16. The molecule has 21 heavy (non-hydrogen) atoms. The average molecular weight is 292 g/mol. The van der Waals surface area contributed by atoms with Crippen molar-refractivity contribution < 1.29 is 18.7 Å². The van der Waals surface area contributed by atoms with Gasteiger partial charge in [0.1, 0.15) is 5.82 Å². The van der Waals surface area contributed by atoms with Gasteiger partial charge in [0.2, 0.25) is 0 Å². The van der Waals surface area contributed by atoms with Crippen LogP contribution in [-0.4, -0.2) is 36.2 Å². The first-order chi connectivity index (χ1) is 10.1. The lowest BCUT2D eigenvalue weighted by Gasteiger charge is -2.14. The molecular weight excluding hydrogens is 275 g/mol. The molecule has 1 saturated heterocycles. The number of carbonyl (C=O) groups is 2. The maximum absolute atomic E-state index is 12.8. The number of hydrogen-bond donors (Lipinski definition) is 1. The first-order valence-electron chi connectivity index (χ1n) is 7.16. The highest BCUT2D eigenvalue weighted by molar-refractivity contribution is 5.84. The minimum Gasteiger partial charge on any atom is -0.359 e. The molecule has 6 heteroatoms. The van der Waals surface area contributed by atoms with Crippen molar-refractivity contribution in [3.8, 4) is 0 Å². The maximum atomic E-state index is 12.8. The highest BCUT2D eigenvalue weighted by Crippen LogP contribution is 2.40. The van der Waals surface area contributed by atoms with Crippen LogP contribution >= 0.6 is 0 Å². The van der Waals surface area contributed by atoms with Crippen LogP contribution in [0.2, 0.25) is 0 Å². The van der Waals surface area contributed by atoms with E-state index >= 15 is 0 Å². The van der Waals surface area contributed by atoms with E-state index in [1.54, 1.807) is 12.1 Å². The monoisotopic (exact) mass is 292 g/mol. The zero-order valence-electron chi connectivity index (χ0n) is 11.5. The Hall–Kier alpha value is -2.11. The van der Waals surface area contributed by atoms with Crippen molar-refractivity contribution >= 4 is 12.2 Å². The van der Waals surface area contributed by atoms with E-state index in [0.717, 1.165) is 24.8 Å². The third-order valence-corrected chi connectivity index (χ3v) is 3.94. The van der Waals surface area contributed by atoms with Crippen molar-refractivity contribution in [2.24, 2.45) is 0 Å². The predicted octanol–water partition coefficient (Wildman–Crippen LogP) is 2.62. The van der Waals surface area contributed by atoms with Crippen molar-refractivity contribution in [2.45, 2.75) is 31.2 Å². The van der Waals surface area contributed by atoms with Crippen LogP contribution in [0, 0.1) is 5.82 Å². The van der Waals surface area contributed by atoms with Crippen molar-refractivity contribution in [3.05, 3.63) is 35.6 Å². The molecule has 0 radical (unpaired) electrons. The molecule has 5 nitrogen and oxygen atoms in total. The summed E-state index contributed by atoms with van der Waals surface area (Å²) in [6, 6.07) is 6.18. The number of hydrogen-bond acceptors (Lipinski definition) is 3. The number of rotatable bonds is 2. The Morgan fingerprint density at radius 1 is 1.19 bits per heavy atom. The first kappa shape index (κ1) is 13.9. The second-order valence-electron chi connectivity index (χ2n) is 5.49. The average Bonchev–Trinajstić information content (AvgIpc) is 3.01. The standard InChI is InChI=1S/C15H17FN2O3/c16-11-5-3-10(4-6-11)12-9-13(12)17-14(19)21-15(20)18-7-1-2-8-18/h3-6,12-13H,1-2,7-9H2,(H,17,19)/t12-,13+/m1/s1. The topological polar surface area (TPSA) is 58.6 Å². The molecule has 1 aliphatic heterocycles. The summed E-state index contributed by atoms with van der Waals surface area (Å²) >= 11 is 0. The van der Waals surface area contributed by atoms with Gasteiger partial charge in [-0.25, -0.2) is 14.0 Å². The van der Waals surface area contributed by atoms with Gasteiger partial charge in [-0.2, -0.15) is 0 Å². The molecule has 2 fully saturated rings. The highest BCUT2D eigenvalue weighted by Gasteiger charge is 2.40. The van der Waals surface area contributed by atoms with Gasteiger partial charge in [0.25, 0.3) is 0 Å². The Morgan fingerprint density at radius 2 is 1.86 bits per heavy atom. The fourth-order valence-electron chi connectivity index (χ4n) is 2.66. The fraction of sp³-hybridized carbons (Fsp3) is 0.467. The summed E-state index contributed by atoms with van der Waals surface area (Å²) in [6.07, 6.45) is 1.39. The van der Waals surface area contributed by atoms with Crippen LogP contribution in [0.25, 0.3) is 0 Å². The Balaban J connectivity index is 1.46. The van der Waals surface area contributed by atoms with Crippen LogP contribution in [-0.2, 0) is 4.74 Å². The van der Waals surface area contributed by atoms with E-state index in [-0.39, 0.29) is 17.8 Å². The number of amides is 2. The molecule has 0 bridgehead atoms. The zero-order valence-corrected chi connectivity index (χ0v) is 11.5. The molecule has 0 spiro atoms. The number of halogens is 1. The third-order valence-electron chi connectivity index (χ3n) is 3.94. The van der Waals surface area contributed by atoms with E-state index in [0.29, 0.717) is 13.1 Å². The smallest absolute Gasteiger partial charge is 0.359 e. The third kappa shape index (κ3) is 3.32. The molecule has 2 aliphatic rings. The molecule has 2 amide bonds. The van der Waals surface area contributed by atoms with Crippen molar-refractivity contribution in [3.63, 3.8) is 0 Å². The number of benzene rings is 1. The zero-order chi connectivity index (χ0) is 14.8. The van der Waals surface area contributed by atoms with Gasteiger partial charge < -0.3 is 15.0 Å². The van der Waals surface area contributed by atoms with E-state index in [1.165, 1.54) is 17.0 Å². The van der Waals surface area contributed by atoms with Crippen LogP contribution < -0.4 is 5.32 Å². The molecule has 0 aromatic heterocycles. The van der Waals surface area contributed by atoms with Crippen LogP contribution in [0.4, 0.5) is 14.0 Å². The summed E-state index contributed by atoms with van der Waals surface area (Å²) in [6.45, 7) is 1.29. The highest BCUT2D eigenvalue weighted by atomic mass is 19.1. The summed E-state index contributed by atoms with van der Waals surface area (Å²) in [5, 5.41) is 2.67. The Kier molecular flexibility index (Phi) is 3.77. The van der Waals surface area contributed by atoms with Gasteiger partial charge in [-0.1, -0.05) is 12.1 Å².